The van der Waals surface area contributed by atoms with Crippen molar-refractivity contribution in [2.45, 2.75) is 74.0 Å². The highest BCUT2D eigenvalue weighted by molar-refractivity contribution is 7.99. The standard InChI is InChI=1S/C30H32FN3OS/c1-30(2,3)21-11-9-20(10-12-21)29(35)34-26-17-24-25(33-28(32-24)19-7-5-4-6-8-19)18-27(26)36-23-15-13-22(31)14-16-23/h9-19H,4-8H2,1-3H3,(H,32,33)(H,34,35). The van der Waals surface area contributed by atoms with Gasteiger partial charge in [0, 0.05) is 21.3 Å². The second-order valence-corrected chi connectivity index (χ2v) is 11.8. The summed E-state index contributed by atoms with van der Waals surface area (Å²) in [7, 11) is 0. The van der Waals surface area contributed by atoms with Crippen LogP contribution in [0.5, 0.6) is 0 Å². The van der Waals surface area contributed by atoms with Crippen molar-refractivity contribution in [2.24, 2.45) is 0 Å². The van der Waals surface area contributed by atoms with Crippen LogP contribution in [0.25, 0.3) is 11.0 Å². The van der Waals surface area contributed by atoms with Gasteiger partial charge in [-0.25, -0.2) is 9.37 Å². The van der Waals surface area contributed by atoms with Crippen molar-refractivity contribution in [3.05, 3.63) is 83.4 Å². The molecule has 1 heterocycles. The van der Waals surface area contributed by atoms with E-state index in [0.717, 1.165) is 39.5 Å². The predicted molar refractivity (Wildman–Crippen MR) is 146 cm³/mol. The van der Waals surface area contributed by atoms with Gasteiger partial charge in [0.2, 0.25) is 0 Å². The molecule has 1 amide bonds. The van der Waals surface area contributed by atoms with Gasteiger partial charge >= 0.3 is 0 Å². The van der Waals surface area contributed by atoms with Crippen LogP contribution in [0, 0.1) is 5.82 Å². The molecule has 0 unspecified atom stereocenters. The van der Waals surface area contributed by atoms with E-state index in [-0.39, 0.29) is 17.1 Å². The highest BCUT2D eigenvalue weighted by atomic mass is 32.2. The number of hydrogen-bond acceptors (Lipinski definition) is 3. The molecular weight excluding hydrogens is 469 g/mol. The molecule has 0 bridgehead atoms. The van der Waals surface area contributed by atoms with Crippen LogP contribution in [0.3, 0.4) is 0 Å². The third-order valence-corrected chi connectivity index (χ3v) is 7.96. The molecule has 1 aliphatic carbocycles. The van der Waals surface area contributed by atoms with Gasteiger partial charge in [0.25, 0.3) is 5.91 Å². The van der Waals surface area contributed by atoms with Crippen molar-refractivity contribution in [2.75, 3.05) is 5.32 Å². The number of nitrogens with one attached hydrogen (secondary N) is 2. The van der Waals surface area contributed by atoms with E-state index in [4.69, 9.17) is 4.98 Å². The van der Waals surface area contributed by atoms with Crippen LogP contribution in [-0.2, 0) is 5.41 Å². The van der Waals surface area contributed by atoms with E-state index in [1.165, 1.54) is 48.7 Å². The zero-order valence-corrected chi connectivity index (χ0v) is 21.8. The third kappa shape index (κ3) is 5.49. The molecule has 36 heavy (non-hydrogen) atoms. The second-order valence-electron chi connectivity index (χ2n) is 10.7. The Bertz CT molecular complexity index is 1360. The van der Waals surface area contributed by atoms with Crippen molar-refractivity contribution >= 4 is 34.4 Å². The smallest absolute Gasteiger partial charge is 0.255 e. The Morgan fingerprint density at radius 3 is 2.36 bits per heavy atom. The molecule has 1 aromatic heterocycles. The minimum atomic E-state index is -0.271. The predicted octanol–water partition coefficient (Wildman–Crippen LogP) is 8.45. The Balaban J connectivity index is 1.48. The van der Waals surface area contributed by atoms with E-state index in [9.17, 15) is 9.18 Å². The normalized spacial score (nSPS) is 14.8. The van der Waals surface area contributed by atoms with E-state index in [1.54, 1.807) is 12.1 Å². The van der Waals surface area contributed by atoms with Gasteiger partial charge in [-0.15, -0.1) is 0 Å². The van der Waals surface area contributed by atoms with Gasteiger partial charge in [0.05, 0.1) is 16.7 Å². The molecule has 0 saturated heterocycles. The number of carbonyl (C=O) groups excluding carboxylic acids is 1. The van der Waals surface area contributed by atoms with Crippen LogP contribution in [-0.4, -0.2) is 15.9 Å². The fraction of sp³-hybridized carbons (Fsp3) is 0.333. The molecular formula is C30H32FN3OS. The number of H-pyrrole nitrogens is 1. The van der Waals surface area contributed by atoms with E-state index in [0.29, 0.717) is 17.2 Å². The number of halogens is 1. The van der Waals surface area contributed by atoms with Crippen molar-refractivity contribution in [1.29, 1.82) is 0 Å². The van der Waals surface area contributed by atoms with E-state index >= 15 is 0 Å². The molecule has 186 valence electrons. The molecule has 5 rings (SSSR count). The lowest BCUT2D eigenvalue weighted by Crippen LogP contribution is -2.14. The minimum Gasteiger partial charge on any atom is -0.342 e. The Kier molecular flexibility index (Phi) is 6.89. The Labute approximate surface area is 216 Å². The van der Waals surface area contributed by atoms with Crippen LogP contribution < -0.4 is 5.32 Å². The van der Waals surface area contributed by atoms with E-state index in [1.807, 2.05) is 36.4 Å². The molecule has 1 fully saturated rings. The van der Waals surface area contributed by atoms with Gasteiger partial charge in [-0.2, -0.15) is 0 Å². The lowest BCUT2D eigenvalue weighted by molar-refractivity contribution is 0.102. The summed E-state index contributed by atoms with van der Waals surface area (Å²) in [4.78, 5) is 23.4. The van der Waals surface area contributed by atoms with Gasteiger partial charge in [-0.1, -0.05) is 63.9 Å². The minimum absolute atomic E-state index is 0.0228. The largest absolute Gasteiger partial charge is 0.342 e. The van der Waals surface area contributed by atoms with Crippen LogP contribution in [0.2, 0.25) is 0 Å². The summed E-state index contributed by atoms with van der Waals surface area (Å²) in [6.45, 7) is 6.46. The van der Waals surface area contributed by atoms with Gasteiger partial charge in [-0.3, -0.25) is 4.79 Å². The molecule has 2 N–H and O–H groups in total. The molecule has 1 saturated carbocycles. The quantitative estimate of drug-likeness (QED) is 0.288. The molecule has 4 nitrogen and oxygen atoms in total. The first-order valence-electron chi connectivity index (χ1n) is 12.7. The first kappa shape index (κ1) is 24.6. The highest BCUT2D eigenvalue weighted by Crippen LogP contribution is 2.38. The summed E-state index contributed by atoms with van der Waals surface area (Å²) in [5, 5.41) is 3.11. The number of hydrogen-bond donors (Lipinski definition) is 2. The Morgan fingerprint density at radius 1 is 1.00 bits per heavy atom. The number of aromatic nitrogens is 2. The third-order valence-electron chi connectivity index (χ3n) is 6.90. The first-order chi connectivity index (χ1) is 17.3. The Hall–Kier alpha value is -3.12. The van der Waals surface area contributed by atoms with Gasteiger partial charge in [-0.05, 0) is 72.4 Å². The SMILES string of the molecule is CC(C)(C)c1ccc(C(=O)Nc2cc3nc(C4CCCCC4)[nH]c3cc2Sc2ccc(F)cc2)cc1. The van der Waals surface area contributed by atoms with E-state index in [2.05, 4.69) is 31.1 Å². The lowest BCUT2D eigenvalue weighted by Gasteiger charge is -2.19. The second kappa shape index (κ2) is 10.1. The number of carbonyl (C=O) groups is 1. The monoisotopic (exact) mass is 501 g/mol. The zero-order chi connectivity index (χ0) is 25.3. The molecule has 0 spiro atoms. The zero-order valence-electron chi connectivity index (χ0n) is 21.0. The fourth-order valence-electron chi connectivity index (χ4n) is 4.75. The number of benzene rings is 3. The van der Waals surface area contributed by atoms with Crippen LogP contribution >= 0.6 is 11.8 Å². The van der Waals surface area contributed by atoms with Gasteiger partial charge < -0.3 is 10.3 Å². The maximum atomic E-state index is 13.5. The number of imidazole rings is 1. The van der Waals surface area contributed by atoms with E-state index < -0.39 is 0 Å². The van der Waals surface area contributed by atoms with Crippen LogP contribution in [0.1, 0.15) is 80.5 Å². The molecule has 6 heteroatoms. The maximum Gasteiger partial charge on any atom is 0.255 e. The average molecular weight is 502 g/mol. The number of amides is 1. The number of nitrogens with zero attached hydrogens (tertiary/aromatic N) is 1. The summed E-state index contributed by atoms with van der Waals surface area (Å²) >= 11 is 1.50. The summed E-state index contributed by atoms with van der Waals surface area (Å²) in [6, 6.07) is 18.2. The first-order valence-corrected chi connectivity index (χ1v) is 13.5. The molecule has 3 aromatic carbocycles. The van der Waals surface area contributed by atoms with Crippen molar-refractivity contribution in [1.82, 2.24) is 9.97 Å². The topological polar surface area (TPSA) is 57.8 Å². The fourth-order valence-corrected chi connectivity index (χ4v) is 5.68. The Morgan fingerprint density at radius 2 is 1.69 bits per heavy atom. The van der Waals surface area contributed by atoms with Gasteiger partial charge in [0.1, 0.15) is 11.6 Å². The average Bonchev–Trinajstić information content (AvgIpc) is 3.28. The molecule has 0 radical (unpaired) electrons. The number of anilines is 1. The number of fused-ring (bicyclic) bond motifs is 1. The summed E-state index contributed by atoms with van der Waals surface area (Å²) in [6.07, 6.45) is 6.09. The van der Waals surface area contributed by atoms with Crippen molar-refractivity contribution < 1.29 is 9.18 Å². The van der Waals surface area contributed by atoms with Crippen LogP contribution in [0.15, 0.2) is 70.5 Å². The molecule has 4 aromatic rings. The summed E-state index contributed by atoms with van der Waals surface area (Å²) in [5.74, 6) is 1.05. The summed E-state index contributed by atoms with van der Waals surface area (Å²) < 4.78 is 13.5. The molecule has 0 atom stereocenters. The van der Waals surface area contributed by atoms with Gasteiger partial charge in [0.15, 0.2) is 0 Å². The van der Waals surface area contributed by atoms with Crippen molar-refractivity contribution in [3.8, 4) is 0 Å². The number of rotatable bonds is 5. The maximum absolute atomic E-state index is 13.5. The van der Waals surface area contributed by atoms with Crippen molar-refractivity contribution in [3.63, 3.8) is 0 Å². The lowest BCUT2D eigenvalue weighted by atomic mass is 9.87. The highest BCUT2D eigenvalue weighted by Gasteiger charge is 2.21. The molecule has 1 aliphatic rings. The number of aromatic amines is 1. The summed E-state index contributed by atoms with van der Waals surface area (Å²) in [5.41, 5.74) is 4.30. The van der Waals surface area contributed by atoms with Crippen LogP contribution in [0.4, 0.5) is 10.1 Å². The molecule has 0 aliphatic heterocycles.